The second-order valence-corrected chi connectivity index (χ2v) is 4.60. The first-order valence-electron chi connectivity index (χ1n) is 3.58. The number of halogens is 6. The van der Waals surface area contributed by atoms with Gasteiger partial charge in [-0.3, -0.25) is 4.55 Å². The van der Waals surface area contributed by atoms with Gasteiger partial charge in [0.15, 0.2) is 10.1 Å². The Balaban J connectivity index is -0.0000000297. The zero-order chi connectivity index (χ0) is 24.0. The van der Waals surface area contributed by atoms with Crippen molar-refractivity contribution in [2.24, 2.45) is 0 Å². The van der Waals surface area contributed by atoms with Crippen LogP contribution in [0.1, 0.15) is 0 Å². The van der Waals surface area contributed by atoms with Crippen molar-refractivity contribution in [2.75, 3.05) is 0 Å². The van der Waals surface area contributed by atoms with Gasteiger partial charge in [-0.05, 0) is 0 Å². The third-order valence-corrected chi connectivity index (χ3v) is 1.73. The van der Waals surface area contributed by atoms with Crippen LogP contribution in [0.2, 0.25) is 0 Å². The van der Waals surface area contributed by atoms with E-state index in [0.717, 1.165) is 0 Å². The molecule has 0 saturated heterocycles. The van der Waals surface area contributed by atoms with Crippen molar-refractivity contribution >= 4 is 20.2 Å². The Bertz CT molecular complexity index is 546. The van der Waals surface area contributed by atoms with Gasteiger partial charge in [0.1, 0.15) is 0 Å². The van der Waals surface area contributed by atoms with Crippen LogP contribution >= 0.6 is 0 Å². The van der Waals surface area contributed by atoms with E-state index in [1.54, 1.807) is 0 Å². The largest absolute Gasteiger partial charge is 0 e. The van der Waals surface area contributed by atoms with Crippen molar-refractivity contribution in [3.05, 3.63) is 33.3 Å². The van der Waals surface area contributed by atoms with Crippen LogP contribution < -0.4 is 0 Å². The molecule has 1 N–H and O–H groups in total. The van der Waals surface area contributed by atoms with E-state index in [2.05, 4.69) is 33.3 Å². The zero-order valence-electron chi connectivity index (χ0n) is 11.5. The molecule has 11 nitrogen and oxygen atoms in total. The van der Waals surface area contributed by atoms with Gasteiger partial charge in [-0.2, -0.15) is 34.8 Å². The first-order chi connectivity index (χ1) is 11.5. The molecular weight excluding hydrogens is 534 g/mol. The molecule has 0 unspecified atom stereocenters. The van der Waals surface area contributed by atoms with Crippen molar-refractivity contribution in [3.63, 3.8) is 0 Å². The van der Waals surface area contributed by atoms with Crippen LogP contribution in [0.4, 0.5) is 26.3 Å². The summed E-state index contributed by atoms with van der Waals surface area (Å²) >= 11 is 0. The summed E-state index contributed by atoms with van der Waals surface area (Å²) in [4.78, 5) is 0. The van der Waals surface area contributed by atoms with Crippen LogP contribution in [0.25, 0.3) is 0 Å². The molecule has 0 fully saturated rings. The molecule has 27 heavy (non-hydrogen) atoms. The maximum Gasteiger partial charge on any atom is 0 e. The Labute approximate surface area is 161 Å². The standard InChI is InChI=1S/2CHF3O3S.5CO.Mo/c2*2-1(3,4)8(5,6)7;5*1-2;/h2*(H,5,6,7);;;;;;/p-1. The van der Waals surface area contributed by atoms with E-state index >= 15 is 0 Å². The summed E-state index contributed by atoms with van der Waals surface area (Å²) in [5, 5.41) is 0. The fourth-order valence-electron chi connectivity index (χ4n) is 0. The molecule has 0 atom stereocenters. The summed E-state index contributed by atoms with van der Waals surface area (Å²) in [7, 11) is -11.9. The smallest absolute Gasteiger partial charge is 0 e. The van der Waals surface area contributed by atoms with Gasteiger partial charge in [0.25, 0.3) is 0 Å². The summed E-state index contributed by atoms with van der Waals surface area (Å²) in [6.07, 6.45) is 0. The molecule has 0 aliphatic heterocycles. The van der Waals surface area contributed by atoms with Gasteiger partial charge in [0.2, 0.25) is 0 Å². The minimum atomic E-state index is -6.09. The van der Waals surface area contributed by atoms with Gasteiger partial charge < -0.3 is 4.55 Å². The van der Waals surface area contributed by atoms with E-state index < -0.39 is 31.3 Å². The number of hydrogen-bond acceptors (Lipinski definition) is 5. The second-order valence-electron chi connectivity index (χ2n) is 1.82. The predicted molar refractivity (Wildman–Crippen MR) is 53.0 cm³/mol. The first kappa shape index (κ1) is 50.1. The predicted octanol–water partition coefficient (Wildman–Crippen LogP) is 0.255. The first-order valence-corrected chi connectivity index (χ1v) is 6.43. The molecule has 0 saturated carbocycles. The fourth-order valence-corrected chi connectivity index (χ4v) is 0. The fraction of sp³-hybridized carbons (Fsp3) is 0.286. The van der Waals surface area contributed by atoms with Crippen LogP contribution in [0.3, 0.4) is 0 Å². The maximum atomic E-state index is 10.7. The molecule has 0 aliphatic carbocycles. The molecule has 0 aromatic rings. The molecule has 0 heterocycles. The molecule has 0 radical (unpaired) electrons. The van der Waals surface area contributed by atoms with E-state index in [1.807, 2.05) is 0 Å². The summed E-state index contributed by atoms with van der Waals surface area (Å²) in [6, 6.07) is 0. The van der Waals surface area contributed by atoms with Crippen LogP contribution in [0, 0.1) is 33.3 Å². The molecule has 0 aromatic carbocycles. The molecule has 0 aromatic heterocycles. The van der Waals surface area contributed by atoms with Crippen LogP contribution in [-0.2, 0) is 64.6 Å². The van der Waals surface area contributed by atoms with E-state index in [9.17, 15) is 26.3 Å². The number of rotatable bonds is 0. The Morgan fingerprint density at radius 3 is 0.704 bits per heavy atom. The van der Waals surface area contributed by atoms with Crippen molar-refractivity contribution < 1.29 is 96.6 Å². The van der Waals surface area contributed by atoms with Gasteiger partial charge in [0.05, 0.1) is 0 Å². The number of hydrogen-bond donors (Lipinski definition) is 1. The minimum absolute atomic E-state index is 0. The normalized spacial score (nSPS) is 8.67. The van der Waals surface area contributed by atoms with E-state index in [-0.39, 0.29) is 21.1 Å². The summed E-state index contributed by atoms with van der Waals surface area (Å²) in [5.41, 5.74) is -11.2. The monoisotopic (exact) mass is 537 g/mol. The van der Waals surface area contributed by atoms with Gasteiger partial charge in [-0.15, -0.1) is 0 Å². The van der Waals surface area contributed by atoms with Crippen molar-refractivity contribution in [2.45, 2.75) is 11.0 Å². The third-order valence-electron chi connectivity index (χ3n) is 0.576. The molecule has 0 amide bonds. The molecule has 156 valence electrons. The van der Waals surface area contributed by atoms with Crippen LogP contribution in [-0.4, -0.2) is 37.0 Å². The Kier molecular flexibility index (Phi) is 50.1. The molecule has 20 heteroatoms. The van der Waals surface area contributed by atoms with Crippen molar-refractivity contribution in [3.8, 4) is 0 Å². The number of alkyl halides is 6. The minimum Gasteiger partial charge on any atom is 0 e. The van der Waals surface area contributed by atoms with Crippen LogP contribution in [0.15, 0.2) is 0 Å². The quantitative estimate of drug-likeness (QED) is 0.115. The van der Waals surface area contributed by atoms with E-state index in [4.69, 9.17) is 49.2 Å². The van der Waals surface area contributed by atoms with Crippen LogP contribution in [0.5, 0.6) is 0 Å². The molecule has 0 bridgehead atoms. The van der Waals surface area contributed by atoms with Gasteiger partial charge in [-0.25, -0.2) is 8.42 Å². The van der Waals surface area contributed by atoms with Gasteiger partial charge in [0, 0.05) is 21.1 Å². The summed E-state index contributed by atoms with van der Waals surface area (Å²) in [5.74, 6) is 0. The Hall–Kier alpha value is -1.21. The Morgan fingerprint density at radius 2 is 0.704 bits per heavy atom. The molecule has 0 rings (SSSR count). The zero-order valence-corrected chi connectivity index (χ0v) is 15.2. The van der Waals surface area contributed by atoms with Crippen molar-refractivity contribution in [1.82, 2.24) is 0 Å². The molecular formula is C7HF6MoO11S2-. The second kappa shape index (κ2) is 27.0. The van der Waals surface area contributed by atoms with Crippen molar-refractivity contribution in [1.29, 1.82) is 0 Å². The Morgan fingerprint density at radius 1 is 0.630 bits per heavy atom. The van der Waals surface area contributed by atoms with Gasteiger partial charge in [-0.1, -0.05) is 0 Å². The van der Waals surface area contributed by atoms with Gasteiger partial charge >= 0.3 is 77.6 Å². The van der Waals surface area contributed by atoms with E-state index in [0.29, 0.717) is 0 Å². The maximum absolute atomic E-state index is 10.7. The molecule has 0 aliphatic rings. The topological polar surface area (TPSA) is 211 Å². The summed E-state index contributed by atoms with van der Waals surface area (Å²) in [6.45, 7) is 22.5. The average Bonchev–Trinajstić information content (AvgIpc) is 2.54. The SMILES string of the molecule is O=S(=O)(O)C(F)(F)F.O=S(=O)([O-])C(F)(F)F.[C-]#[O+].[C-]#[O+].[C-]#[O+].[C-]#[O+].[C-]#[O+].[Mo]. The molecule has 0 spiro atoms. The summed E-state index contributed by atoms with van der Waals surface area (Å²) < 4.78 is 154. The van der Waals surface area contributed by atoms with E-state index in [1.165, 1.54) is 0 Å². The third kappa shape index (κ3) is 45.7. The average molecular weight is 535 g/mol.